The Balaban J connectivity index is 1.47. The first-order chi connectivity index (χ1) is 14.4. The number of likely N-dealkylation sites (N-methyl/N-ethyl adjacent to an activating group) is 1. The zero-order valence-electron chi connectivity index (χ0n) is 17.3. The molecule has 8 heteroatoms. The van der Waals surface area contributed by atoms with E-state index in [0.29, 0.717) is 30.6 Å². The SMILES string of the molecule is CN(C)C(=O)CN1CC(C(=O)N2CCC(c3ncccn3)CC2)c2ccc(Cl)cc21. The van der Waals surface area contributed by atoms with Crippen LogP contribution < -0.4 is 4.90 Å². The second-order valence-electron chi connectivity index (χ2n) is 8.13. The summed E-state index contributed by atoms with van der Waals surface area (Å²) in [5.41, 5.74) is 1.83. The van der Waals surface area contributed by atoms with Gasteiger partial charge in [0.05, 0.1) is 12.5 Å². The highest BCUT2D eigenvalue weighted by Gasteiger charge is 2.38. The maximum Gasteiger partial charge on any atom is 0.241 e. The molecule has 2 aliphatic rings. The minimum absolute atomic E-state index is 0.00213. The molecule has 2 amide bonds. The summed E-state index contributed by atoms with van der Waals surface area (Å²) >= 11 is 6.21. The third-order valence-corrected chi connectivity index (χ3v) is 6.23. The lowest BCUT2D eigenvalue weighted by atomic mass is 9.93. The molecule has 1 atom stereocenters. The Labute approximate surface area is 181 Å². The predicted molar refractivity (Wildman–Crippen MR) is 116 cm³/mol. The molecule has 3 heterocycles. The molecule has 1 fully saturated rings. The maximum atomic E-state index is 13.4. The van der Waals surface area contributed by atoms with Gasteiger partial charge in [-0.3, -0.25) is 9.59 Å². The van der Waals surface area contributed by atoms with Crippen molar-refractivity contribution in [3.63, 3.8) is 0 Å². The second-order valence-corrected chi connectivity index (χ2v) is 8.57. The number of halogens is 1. The maximum absolute atomic E-state index is 13.4. The Bertz CT molecular complexity index is 928. The molecule has 0 saturated carbocycles. The van der Waals surface area contributed by atoms with Gasteiger partial charge in [0, 0.05) is 62.8 Å². The van der Waals surface area contributed by atoms with E-state index >= 15 is 0 Å². The highest BCUT2D eigenvalue weighted by Crippen LogP contribution is 2.39. The number of carbonyl (C=O) groups excluding carboxylic acids is 2. The standard InChI is InChI=1S/C22H26ClN5O2/c1-26(2)20(29)14-28-13-18(17-5-4-16(23)12-19(17)28)22(30)27-10-6-15(7-11-27)21-24-8-3-9-25-21/h3-5,8-9,12,15,18H,6-7,10-11,13-14H2,1-2H3. The summed E-state index contributed by atoms with van der Waals surface area (Å²) in [5, 5.41) is 0.604. The molecule has 0 N–H and O–H groups in total. The molecule has 1 saturated heterocycles. The Kier molecular flexibility index (Phi) is 5.90. The van der Waals surface area contributed by atoms with Gasteiger partial charge in [-0.1, -0.05) is 17.7 Å². The molecule has 2 aliphatic heterocycles. The lowest BCUT2D eigenvalue weighted by Crippen LogP contribution is -2.42. The third kappa shape index (κ3) is 4.12. The van der Waals surface area contributed by atoms with Crippen molar-refractivity contribution in [1.82, 2.24) is 19.8 Å². The smallest absolute Gasteiger partial charge is 0.241 e. The van der Waals surface area contributed by atoms with Gasteiger partial charge in [0.2, 0.25) is 11.8 Å². The molecule has 1 unspecified atom stereocenters. The first-order valence-corrected chi connectivity index (χ1v) is 10.6. The first-order valence-electron chi connectivity index (χ1n) is 10.2. The number of amides is 2. The Morgan fingerprint density at radius 1 is 1.17 bits per heavy atom. The largest absolute Gasteiger partial charge is 0.361 e. The zero-order valence-corrected chi connectivity index (χ0v) is 18.0. The van der Waals surface area contributed by atoms with Crippen molar-refractivity contribution in [3.8, 4) is 0 Å². The van der Waals surface area contributed by atoms with Crippen molar-refractivity contribution in [2.45, 2.75) is 24.7 Å². The lowest BCUT2D eigenvalue weighted by Gasteiger charge is -2.33. The van der Waals surface area contributed by atoms with Crippen molar-refractivity contribution >= 4 is 29.1 Å². The number of aromatic nitrogens is 2. The van der Waals surface area contributed by atoms with Crippen LogP contribution in [0.1, 0.15) is 36.1 Å². The van der Waals surface area contributed by atoms with Gasteiger partial charge < -0.3 is 14.7 Å². The van der Waals surface area contributed by atoms with E-state index in [9.17, 15) is 9.59 Å². The minimum atomic E-state index is -0.281. The Hall–Kier alpha value is -2.67. The molecule has 4 rings (SSSR count). The molecular formula is C22H26ClN5O2. The van der Waals surface area contributed by atoms with Crippen LogP contribution in [0.25, 0.3) is 0 Å². The molecular weight excluding hydrogens is 402 g/mol. The lowest BCUT2D eigenvalue weighted by molar-refractivity contribution is -0.133. The van der Waals surface area contributed by atoms with E-state index < -0.39 is 0 Å². The van der Waals surface area contributed by atoms with Crippen LogP contribution in [0.3, 0.4) is 0 Å². The number of hydrogen-bond acceptors (Lipinski definition) is 5. The number of likely N-dealkylation sites (tertiary alicyclic amines) is 1. The number of hydrogen-bond donors (Lipinski definition) is 0. The molecule has 0 spiro atoms. The molecule has 0 bridgehead atoms. The van der Waals surface area contributed by atoms with E-state index in [1.807, 2.05) is 34.1 Å². The average molecular weight is 428 g/mol. The van der Waals surface area contributed by atoms with Gasteiger partial charge in [0.15, 0.2) is 0 Å². The van der Waals surface area contributed by atoms with Gasteiger partial charge in [-0.25, -0.2) is 9.97 Å². The summed E-state index contributed by atoms with van der Waals surface area (Å²) in [4.78, 5) is 39.9. The fraction of sp³-hybridized carbons (Fsp3) is 0.455. The predicted octanol–water partition coefficient (Wildman–Crippen LogP) is 2.53. The fourth-order valence-electron chi connectivity index (χ4n) is 4.27. The molecule has 30 heavy (non-hydrogen) atoms. The number of benzene rings is 1. The van der Waals surface area contributed by atoms with E-state index in [-0.39, 0.29) is 24.3 Å². The van der Waals surface area contributed by atoms with Crippen molar-refractivity contribution in [3.05, 3.63) is 53.1 Å². The zero-order chi connectivity index (χ0) is 21.3. The van der Waals surface area contributed by atoms with Crippen molar-refractivity contribution < 1.29 is 9.59 Å². The van der Waals surface area contributed by atoms with Gasteiger partial charge in [-0.05, 0) is 36.6 Å². The van der Waals surface area contributed by atoms with Crippen LogP contribution in [-0.4, -0.2) is 71.9 Å². The van der Waals surface area contributed by atoms with Crippen molar-refractivity contribution in [2.24, 2.45) is 0 Å². The van der Waals surface area contributed by atoms with Crippen LogP contribution in [0.15, 0.2) is 36.7 Å². The summed E-state index contributed by atoms with van der Waals surface area (Å²) in [6.45, 7) is 2.11. The summed E-state index contributed by atoms with van der Waals surface area (Å²) in [7, 11) is 3.47. The van der Waals surface area contributed by atoms with Crippen LogP contribution in [0.2, 0.25) is 5.02 Å². The monoisotopic (exact) mass is 427 g/mol. The summed E-state index contributed by atoms with van der Waals surface area (Å²) in [5.74, 6) is 0.984. The number of carbonyl (C=O) groups is 2. The molecule has 0 aliphatic carbocycles. The highest BCUT2D eigenvalue weighted by atomic mass is 35.5. The number of fused-ring (bicyclic) bond motifs is 1. The van der Waals surface area contributed by atoms with Gasteiger partial charge in [-0.2, -0.15) is 0 Å². The molecule has 158 valence electrons. The second kappa shape index (κ2) is 8.60. The van der Waals surface area contributed by atoms with Gasteiger partial charge >= 0.3 is 0 Å². The number of anilines is 1. The number of rotatable bonds is 4. The Morgan fingerprint density at radius 3 is 2.53 bits per heavy atom. The van der Waals surface area contributed by atoms with Crippen LogP contribution in [0.5, 0.6) is 0 Å². The third-order valence-electron chi connectivity index (χ3n) is 5.99. The molecule has 7 nitrogen and oxygen atoms in total. The summed E-state index contributed by atoms with van der Waals surface area (Å²) in [6.07, 6.45) is 5.26. The van der Waals surface area contributed by atoms with E-state index in [2.05, 4.69) is 9.97 Å². The molecule has 2 aromatic rings. The number of piperidine rings is 1. The van der Waals surface area contributed by atoms with Crippen LogP contribution in [0, 0.1) is 0 Å². The van der Waals surface area contributed by atoms with Gasteiger partial charge in [-0.15, -0.1) is 0 Å². The Morgan fingerprint density at radius 2 is 1.87 bits per heavy atom. The van der Waals surface area contributed by atoms with E-state index in [4.69, 9.17) is 11.6 Å². The minimum Gasteiger partial charge on any atom is -0.361 e. The summed E-state index contributed by atoms with van der Waals surface area (Å²) in [6, 6.07) is 7.41. The topological polar surface area (TPSA) is 69.6 Å². The van der Waals surface area contributed by atoms with Gasteiger partial charge in [0.1, 0.15) is 5.82 Å². The molecule has 1 aromatic heterocycles. The van der Waals surface area contributed by atoms with Crippen LogP contribution in [-0.2, 0) is 9.59 Å². The van der Waals surface area contributed by atoms with Crippen molar-refractivity contribution in [2.75, 3.05) is 45.2 Å². The highest BCUT2D eigenvalue weighted by molar-refractivity contribution is 6.31. The van der Waals surface area contributed by atoms with Crippen LogP contribution >= 0.6 is 11.6 Å². The fourth-order valence-corrected chi connectivity index (χ4v) is 4.43. The van der Waals surface area contributed by atoms with Crippen LogP contribution in [0.4, 0.5) is 5.69 Å². The van der Waals surface area contributed by atoms with Crippen molar-refractivity contribution in [1.29, 1.82) is 0 Å². The van der Waals surface area contributed by atoms with Gasteiger partial charge in [0.25, 0.3) is 0 Å². The number of nitrogens with zero attached hydrogens (tertiary/aromatic N) is 5. The van der Waals surface area contributed by atoms with E-state index in [1.165, 1.54) is 0 Å². The van der Waals surface area contributed by atoms with E-state index in [1.54, 1.807) is 31.4 Å². The normalized spacial score (nSPS) is 19.0. The molecule has 1 aromatic carbocycles. The molecule has 0 radical (unpaired) electrons. The average Bonchev–Trinajstić information content (AvgIpc) is 3.11. The van der Waals surface area contributed by atoms with E-state index in [0.717, 1.165) is 29.9 Å². The quantitative estimate of drug-likeness (QED) is 0.749. The first kappa shape index (κ1) is 20.6. The summed E-state index contributed by atoms with van der Waals surface area (Å²) < 4.78 is 0.